The van der Waals surface area contributed by atoms with Gasteiger partial charge in [-0.05, 0) is 68.3 Å². The van der Waals surface area contributed by atoms with Crippen molar-refractivity contribution in [2.45, 2.75) is 9.99 Å². The molecule has 2 aromatic carbocycles. The molecule has 0 aliphatic rings. The van der Waals surface area contributed by atoms with E-state index in [0.717, 1.165) is 9.99 Å². The van der Waals surface area contributed by atoms with Crippen molar-refractivity contribution in [3.8, 4) is 5.75 Å². The molecule has 26 heavy (non-hydrogen) atoms. The number of halogens is 2. The van der Waals surface area contributed by atoms with Crippen LogP contribution in [0.1, 0.15) is 16.1 Å². The van der Waals surface area contributed by atoms with Crippen molar-refractivity contribution in [2.75, 3.05) is 0 Å². The highest BCUT2D eigenvalue weighted by molar-refractivity contribution is 9.11. The number of aromatic hydroxyl groups is 1. The fourth-order valence-corrected chi connectivity index (χ4v) is 3.96. The van der Waals surface area contributed by atoms with Crippen LogP contribution < -0.4 is 5.43 Å². The van der Waals surface area contributed by atoms with Gasteiger partial charge in [-0.1, -0.05) is 30.0 Å². The van der Waals surface area contributed by atoms with Crippen LogP contribution in [0.5, 0.6) is 5.75 Å². The van der Waals surface area contributed by atoms with Gasteiger partial charge in [-0.3, -0.25) is 4.79 Å². The Bertz CT molecular complexity index is 935. The third kappa shape index (κ3) is 4.78. The van der Waals surface area contributed by atoms with E-state index in [1.54, 1.807) is 6.07 Å². The van der Waals surface area contributed by atoms with E-state index in [1.807, 2.05) is 36.4 Å². The molecule has 0 aliphatic heterocycles. The maximum Gasteiger partial charge on any atom is 0.271 e. The Morgan fingerprint density at radius 1 is 1.12 bits per heavy atom. The first kappa shape index (κ1) is 18.8. The Balaban J connectivity index is 1.61. The highest BCUT2D eigenvalue weighted by Gasteiger charge is 2.11. The van der Waals surface area contributed by atoms with Gasteiger partial charge in [0.15, 0.2) is 5.09 Å². The number of hydrazone groups is 1. The largest absolute Gasteiger partial charge is 0.506 e. The van der Waals surface area contributed by atoms with Crippen LogP contribution in [-0.2, 0) is 0 Å². The lowest BCUT2D eigenvalue weighted by Crippen LogP contribution is -2.17. The second-order valence-corrected chi connectivity index (χ2v) is 7.85. The van der Waals surface area contributed by atoms with Crippen molar-refractivity contribution in [3.63, 3.8) is 0 Å². The summed E-state index contributed by atoms with van der Waals surface area (Å²) < 4.78 is 6.47. The maximum atomic E-state index is 12.1. The highest BCUT2D eigenvalue weighted by Crippen LogP contribution is 2.33. The number of nitrogens with one attached hydrogen (secondary N) is 1. The predicted molar refractivity (Wildman–Crippen MR) is 108 cm³/mol. The molecule has 0 atom stereocenters. The van der Waals surface area contributed by atoms with E-state index in [1.165, 1.54) is 30.1 Å². The van der Waals surface area contributed by atoms with Crippen LogP contribution in [0.3, 0.4) is 0 Å². The molecule has 0 fully saturated rings. The normalized spacial score (nSPS) is 11.0. The molecular weight excluding hydrogens is 484 g/mol. The number of hydrogen-bond donors (Lipinski definition) is 2. The molecule has 0 radical (unpaired) electrons. The number of nitrogens with zero attached hydrogens (tertiary/aromatic N) is 1. The summed E-state index contributed by atoms with van der Waals surface area (Å²) in [6.45, 7) is 0. The quantitative estimate of drug-likeness (QED) is 0.365. The fourth-order valence-electron chi connectivity index (χ4n) is 1.98. The average Bonchev–Trinajstić information content (AvgIpc) is 3.07. The number of amides is 1. The highest BCUT2D eigenvalue weighted by atomic mass is 79.9. The summed E-state index contributed by atoms with van der Waals surface area (Å²) in [6, 6.07) is 16.5. The van der Waals surface area contributed by atoms with Crippen LogP contribution >= 0.6 is 43.6 Å². The van der Waals surface area contributed by atoms with Crippen molar-refractivity contribution < 1.29 is 14.3 Å². The van der Waals surface area contributed by atoms with Crippen LogP contribution in [0.4, 0.5) is 0 Å². The van der Waals surface area contributed by atoms with Crippen LogP contribution in [0.25, 0.3) is 0 Å². The van der Waals surface area contributed by atoms with Crippen LogP contribution in [0, 0.1) is 0 Å². The lowest BCUT2D eigenvalue weighted by molar-refractivity contribution is 0.0955. The molecule has 8 heteroatoms. The van der Waals surface area contributed by atoms with Gasteiger partial charge < -0.3 is 9.52 Å². The first-order valence-electron chi connectivity index (χ1n) is 7.37. The second kappa shape index (κ2) is 8.57. The molecule has 0 aliphatic carbocycles. The number of phenols is 1. The molecule has 0 saturated carbocycles. The molecule has 3 rings (SSSR count). The van der Waals surface area contributed by atoms with Crippen LogP contribution in [0.2, 0.25) is 0 Å². The molecule has 0 saturated heterocycles. The summed E-state index contributed by atoms with van der Waals surface area (Å²) in [5.74, 6) is 0.147. The summed E-state index contributed by atoms with van der Waals surface area (Å²) in [6.07, 6.45) is 1.43. The number of hydrogen-bond acceptors (Lipinski definition) is 5. The molecule has 0 unspecified atom stereocenters. The SMILES string of the molecule is O=C(N/N=C\c1ccc(Sc2ccccc2)o1)c1cc(Br)c(O)c(Br)c1. The van der Waals surface area contributed by atoms with E-state index in [2.05, 4.69) is 42.4 Å². The zero-order chi connectivity index (χ0) is 18.5. The molecule has 1 heterocycles. The van der Waals surface area contributed by atoms with E-state index in [-0.39, 0.29) is 5.75 Å². The molecule has 132 valence electrons. The molecule has 2 N–H and O–H groups in total. The minimum Gasteiger partial charge on any atom is -0.506 e. The van der Waals surface area contributed by atoms with E-state index < -0.39 is 5.91 Å². The summed E-state index contributed by atoms with van der Waals surface area (Å²) in [7, 11) is 0. The Morgan fingerprint density at radius 3 is 2.50 bits per heavy atom. The zero-order valence-electron chi connectivity index (χ0n) is 13.1. The van der Waals surface area contributed by atoms with Gasteiger partial charge in [0.2, 0.25) is 0 Å². The number of phenolic OH excluding ortho intramolecular Hbond substituents is 1. The Labute approximate surface area is 170 Å². The van der Waals surface area contributed by atoms with E-state index >= 15 is 0 Å². The number of furan rings is 1. The third-order valence-corrected chi connectivity index (χ3v) is 5.34. The molecular formula is C18H12Br2N2O3S. The van der Waals surface area contributed by atoms with Gasteiger partial charge in [0.25, 0.3) is 5.91 Å². The molecule has 0 bridgehead atoms. The molecule has 3 aromatic rings. The minimum absolute atomic E-state index is 0.0316. The monoisotopic (exact) mass is 494 g/mol. The van der Waals surface area contributed by atoms with Crippen molar-refractivity contribution in [1.82, 2.24) is 5.43 Å². The predicted octanol–water partition coefficient (Wildman–Crippen LogP) is 5.43. The summed E-state index contributed by atoms with van der Waals surface area (Å²) in [4.78, 5) is 13.2. The third-order valence-electron chi connectivity index (χ3n) is 3.20. The number of rotatable bonds is 5. The van der Waals surface area contributed by atoms with Gasteiger partial charge in [0, 0.05) is 10.5 Å². The lowest BCUT2D eigenvalue weighted by Gasteiger charge is -2.04. The van der Waals surface area contributed by atoms with Crippen molar-refractivity contribution in [3.05, 3.63) is 74.9 Å². The van der Waals surface area contributed by atoms with Crippen molar-refractivity contribution >= 4 is 55.7 Å². The molecule has 1 amide bonds. The van der Waals surface area contributed by atoms with Crippen LogP contribution in [0.15, 0.2) is 83.0 Å². The summed E-state index contributed by atoms with van der Waals surface area (Å²) in [5.41, 5.74) is 2.77. The fraction of sp³-hybridized carbons (Fsp3) is 0. The first-order valence-corrected chi connectivity index (χ1v) is 9.77. The summed E-state index contributed by atoms with van der Waals surface area (Å²) >= 11 is 7.87. The van der Waals surface area contributed by atoms with Gasteiger partial charge in [-0.15, -0.1) is 0 Å². The summed E-state index contributed by atoms with van der Waals surface area (Å²) in [5, 5.41) is 14.3. The van der Waals surface area contributed by atoms with Gasteiger partial charge in [0.1, 0.15) is 11.5 Å². The lowest BCUT2D eigenvalue weighted by atomic mass is 10.2. The molecule has 0 spiro atoms. The van der Waals surface area contributed by atoms with Gasteiger partial charge in [-0.2, -0.15) is 5.10 Å². The van der Waals surface area contributed by atoms with Gasteiger partial charge in [-0.25, -0.2) is 5.43 Å². The van der Waals surface area contributed by atoms with Crippen molar-refractivity contribution in [2.24, 2.45) is 5.10 Å². The van der Waals surface area contributed by atoms with Crippen LogP contribution in [-0.4, -0.2) is 17.2 Å². The average molecular weight is 496 g/mol. The molecule has 5 nitrogen and oxygen atoms in total. The van der Waals surface area contributed by atoms with E-state index in [9.17, 15) is 9.90 Å². The smallest absolute Gasteiger partial charge is 0.271 e. The maximum absolute atomic E-state index is 12.1. The Morgan fingerprint density at radius 2 is 1.81 bits per heavy atom. The first-order chi connectivity index (χ1) is 12.5. The van der Waals surface area contributed by atoms with E-state index in [4.69, 9.17) is 4.42 Å². The van der Waals surface area contributed by atoms with E-state index in [0.29, 0.717) is 20.3 Å². The number of carbonyl (C=O) groups excluding carboxylic acids is 1. The minimum atomic E-state index is -0.409. The van der Waals surface area contributed by atoms with Crippen molar-refractivity contribution in [1.29, 1.82) is 0 Å². The topological polar surface area (TPSA) is 74.8 Å². The Hall–Kier alpha value is -2.03. The Kier molecular flexibility index (Phi) is 6.18. The van der Waals surface area contributed by atoms with Gasteiger partial charge in [0.05, 0.1) is 15.2 Å². The van der Waals surface area contributed by atoms with Gasteiger partial charge >= 0.3 is 0 Å². The number of carbonyl (C=O) groups is 1. The standard InChI is InChI=1S/C18H12Br2N2O3S/c19-14-8-11(9-15(20)17(14)23)18(24)22-21-10-12-6-7-16(25-12)26-13-4-2-1-3-5-13/h1-10,23H,(H,22,24)/b21-10-. The second-order valence-electron chi connectivity index (χ2n) is 5.06. The number of benzene rings is 2. The zero-order valence-corrected chi connectivity index (χ0v) is 17.1. The molecule has 1 aromatic heterocycles.